The zero-order valence-corrected chi connectivity index (χ0v) is 17.4. The molecule has 0 radical (unpaired) electrons. The third-order valence-corrected chi connectivity index (χ3v) is 6.14. The number of aliphatic hydroxyl groups is 1. The van der Waals surface area contributed by atoms with Gasteiger partial charge in [0.2, 0.25) is 6.41 Å². The average molecular weight is 389 g/mol. The standard InChI is InChI=1S/C21H32N4O3/c1-5-24(12-21(8-9-21)10-11-26)19-14(2)18(25(13-27)16-6-7-16)17(15(3)23-19)20(28)22-4/h13,16,26H,5-12H2,1-4H3,(H,22,28). The Morgan fingerprint density at radius 3 is 2.50 bits per heavy atom. The molecule has 0 spiro atoms. The molecule has 0 unspecified atom stereocenters. The second-order valence-electron chi connectivity index (χ2n) is 8.18. The first-order valence-electron chi connectivity index (χ1n) is 10.2. The first kappa shape index (κ1) is 20.6. The van der Waals surface area contributed by atoms with E-state index in [0.717, 1.165) is 63.0 Å². The maximum absolute atomic E-state index is 12.6. The number of rotatable bonds is 10. The van der Waals surface area contributed by atoms with E-state index in [1.54, 1.807) is 11.9 Å². The quantitative estimate of drug-likeness (QED) is 0.600. The highest BCUT2D eigenvalue weighted by Crippen LogP contribution is 2.50. The maximum atomic E-state index is 12.6. The lowest BCUT2D eigenvalue weighted by atomic mass is 10.0. The largest absolute Gasteiger partial charge is 0.396 e. The molecule has 0 aliphatic heterocycles. The molecule has 3 rings (SSSR count). The van der Waals surface area contributed by atoms with Crippen LogP contribution in [-0.2, 0) is 4.79 Å². The van der Waals surface area contributed by atoms with Crippen molar-refractivity contribution in [3.05, 3.63) is 16.8 Å². The molecule has 0 atom stereocenters. The Bertz CT molecular complexity index is 757. The van der Waals surface area contributed by atoms with Gasteiger partial charge in [0.15, 0.2) is 0 Å². The van der Waals surface area contributed by atoms with Crippen LogP contribution in [0.4, 0.5) is 11.5 Å². The lowest BCUT2D eigenvalue weighted by Crippen LogP contribution is -2.35. The molecule has 0 saturated heterocycles. The fourth-order valence-corrected chi connectivity index (χ4v) is 4.11. The van der Waals surface area contributed by atoms with E-state index >= 15 is 0 Å². The Hall–Kier alpha value is -2.15. The van der Waals surface area contributed by atoms with Crippen molar-refractivity contribution in [2.75, 3.05) is 36.5 Å². The van der Waals surface area contributed by atoms with Crippen LogP contribution in [0, 0.1) is 19.3 Å². The van der Waals surface area contributed by atoms with Crippen LogP contribution in [0.3, 0.4) is 0 Å². The van der Waals surface area contributed by atoms with E-state index < -0.39 is 0 Å². The van der Waals surface area contributed by atoms with Crippen LogP contribution in [0.15, 0.2) is 0 Å². The van der Waals surface area contributed by atoms with Crippen molar-refractivity contribution in [1.29, 1.82) is 0 Å². The summed E-state index contributed by atoms with van der Waals surface area (Å²) in [5.41, 5.74) is 2.82. The minimum absolute atomic E-state index is 0.160. The topological polar surface area (TPSA) is 85.8 Å². The lowest BCUT2D eigenvalue weighted by molar-refractivity contribution is -0.107. The minimum Gasteiger partial charge on any atom is -0.396 e. The second kappa shape index (κ2) is 8.07. The highest BCUT2D eigenvalue weighted by atomic mass is 16.3. The zero-order valence-electron chi connectivity index (χ0n) is 17.4. The third-order valence-electron chi connectivity index (χ3n) is 6.14. The summed E-state index contributed by atoms with van der Waals surface area (Å²) in [6.07, 6.45) is 5.80. The van der Waals surface area contributed by atoms with Crippen LogP contribution in [0.25, 0.3) is 0 Å². The van der Waals surface area contributed by atoms with Gasteiger partial charge in [0.1, 0.15) is 5.82 Å². The summed E-state index contributed by atoms with van der Waals surface area (Å²) >= 11 is 0. The molecule has 28 heavy (non-hydrogen) atoms. The van der Waals surface area contributed by atoms with Gasteiger partial charge in [-0.05, 0) is 58.3 Å². The number of carbonyl (C=O) groups excluding carboxylic acids is 2. The predicted octanol–water partition coefficient (Wildman–Crippen LogP) is 2.17. The SMILES string of the molecule is CCN(CC1(CCO)CC1)c1nc(C)c(C(=O)NC)c(N(C=O)C2CC2)c1C. The normalized spacial score (nSPS) is 17.2. The van der Waals surface area contributed by atoms with Crippen molar-refractivity contribution < 1.29 is 14.7 Å². The molecule has 154 valence electrons. The van der Waals surface area contributed by atoms with Crippen LogP contribution >= 0.6 is 0 Å². The first-order chi connectivity index (χ1) is 13.4. The number of carbonyl (C=O) groups is 2. The molecule has 2 aliphatic rings. The van der Waals surface area contributed by atoms with Gasteiger partial charge in [-0.25, -0.2) is 4.98 Å². The molecule has 7 heteroatoms. The number of pyridine rings is 1. The van der Waals surface area contributed by atoms with Gasteiger partial charge in [-0.2, -0.15) is 0 Å². The predicted molar refractivity (Wildman–Crippen MR) is 110 cm³/mol. The molecule has 2 amide bonds. The van der Waals surface area contributed by atoms with E-state index in [-0.39, 0.29) is 24.0 Å². The molecule has 7 nitrogen and oxygen atoms in total. The summed E-state index contributed by atoms with van der Waals surface area (Å²) in [5, 5.41) is 12.1. The molecule has 2 N–H and O–H groups in total. The summed E-state index contributed by atoms with van der Waals surface area (Å²) in [5.74, 6) is 0.614. The van der Waals surface area contributed by atoms with Gasteiger partial charge >= 0.3 is 0 Å². The number of nitrogens with one attached hydrogen (secondary N) is 1. The van der Waals surface area contributed by atoms with Gasteiger partial charge in [-0.3, -0.25) is 9.59 Å². The molecule has 2 saturated carbocycles. The number of aromatic nitrogens is 1. The van der Waals surface area contributed by atoms with Crippen LogP contribution in [-0.4, -0.2) is 55.2 Å². The molecular formula is C21H32N4O3. The number of nitrogens with zero attached hydrogens (tertiary/aromatic N) is 3. The minimum atomic E-state index is -0.218. The molecule has 2 fully saturated rings. The molecule has 1 aromatic rings. The van der Waals surface area contributed by atoms with Crippen LogP contribution in [0.2, 0.25) is 0 Å². The van der Waals surface area contributed by atoms with Crippen LogP contribution in [0.1, 0.15) is 60.6 Å². The lowest BCUT2D eigenvalue weighted by Gasteiger charge is -2.32. The fourth-order valence-electron chi connectivity index (χ4n) is 4.11. The second-order valence-corrected chi connectivity index (χ2v) is 8.18. The van der Waals surface area contributed by atoms with E-state index in [1.165, 1.54) is 0 Å². The van der Waals surface area contributed by atoms with Crippen molar-refractivity contribution in [3.8, 4) is 0 Å². The van der Waals surface area contributed by atoms with Crippen molar-refractivity contribution in [2.45, 2.75) is 58.9 Å². The number of aryl methyl sites for hydroxylation is 1. The van der Waals surface area contributed by atoms with Gasteiger partial charge in [0.05, 0.1) is 16.9 Å². The molecule has 1 heterocycles. The maximum Gasteiger partial charge on any atom is 0.255 e. The Kier molecular flexibility index (Phi) is 5.93. The number of amides is 2. The van der Waals surface area contributed by atoms with Gasteiger partial charge in [0, 0.05) is 38.3 Å². The van der Waals surface area contributed by atoms with Gasteiger partial charge in [-0.1, -0.05) is 0 Å². The Balaban J connectivity index is 2.07. The van der Waals surface area contributed by atoms with Gasteiger partial charge < -0.3 is 20.2 Å². The Morgan fingerprint density at radius 2 is 2.04 bits per heavy atom. The zero-order chi connectivity index (χ0) is 20.5. The van der Waals surface area contributed by atoms with Crippen molar-refractivity contribution in [3.63, 3.8) is 0 Å². The molecular weight excluding hydrogens is 356 g/mol. The molecule has 0 bridgehead atoms. The highest BCUT2D eigenvalue weighted by Gasteiger charge is 2.44. The molecule has 1 aromatic heterocycles. The number of hydrogen-bond acceptors (Lipinski definition) is 5. The summed E-state index contributed by atoms with van der Waals surface area (Å²) in [6.45, 7) is 7.70. The van der Waals surface area contributed by atoms with Crippen LogP contribution < -0.4 is 15.1 Å². The smallest absolute Gasteiger partial charge is 0.255 e. The monoisotopic (exact) mass is 388 g/mol. The van der Waals surface area contributed by atoms with Gasteiger partial charge in [-0.15, -0.1) is 0 Å². The van der Waals surface area contributed by atoms with Crippen LogP contribution in [0.5, 0.6) is 0 Å². The van der Waals surface area contributed by atoms with E-state index in [1.807, 2.05) is 13.8 Å². The number of hydrogen-bond donors (Lipinski definition) is 2. The highest BCUT2D eigenvalue weighted by molar-refractivity contribution is 6.04. The van der Waals surface area contributed by atoms with E-state index in [0.29, 0.717) is 16.9 Å². The van der Waals surface area contributed by atoms with Crippen molar-refractivity contribution >= 4 is 23.8 Å². The summed E-state index contributed by atoms with van der Waals surface area (Å²) in [6, 6.07) is 0.161. The Labute approximate surface area is 167 Å². The first-order valence-corrected chi connectivity index (χ1v) is 10.2. The molecule has 2 aliphatic carbocycles. The van der Waals surface area contributed by atoms with E-state index in [9.17, 15) is 14.7 Å². The average Bonchev–Trinajstić information content (AvgIpc) is 3.60. The van der Waals surface area contributed by atoms with E-state index in [4.69, 9.17) is 4.98 Å². The summed E-state index contributed by atoms with van der Waals surface area (Å²) in [7, 11) is 1.60. The third kappa shape index (κ3) is 3.85. The Morgan fingerprint density at radius 1 is 1.36 bits per heavy atom. The van der Waals surface area contributed by atoms with Gasteiger partial charge in [0.25, 0.3) is 5.91 Å². The number of aliphatic hydroxyl groups excluding tert-OH is 1. The fraction of sp³-hybridized carbons (Fsp3) is 0.667. The summed E-state index contributed by atoms with van der Waals surface area (Å²) in [4.78, 5) is 33.3. The molecule has 0 aromatic carbocycles. The van der Waals surface area contributed by atoms with Crippen molar-refractivity contribution in [1.82, 2.24) is 10.3 Å². The number of anilines is 2. The van der Waals surface area contributed by atoms with E-state index in [2.05, 4.69) is 17.1 Å². The summed E-state index contributed by atoms with van der Waals surface area (Å²) < 4.78 is 0. The van der Waals surface area contributed by atoms with Crippen molar-refractivity contribution in [2.24, 2.45) is 5.41 Å².